The lowest BCUT2D eigenvalue weighted by atomic mass is 10.2. The Morgan fingerprint density at radius 1 is 1.18 bits per heavy atom. The van der Waals surface area contributed by atoms with Gasteiger partial charge in [-0.1, -0.05) is 12.1 Å². The van der Waals surface area contributed by atoms with Crippen molar-refractivity contribution in [2.24, 2.45) is 0 Å². The molecule has 0 spiro atoms. The predicted octanol–water partition coefficient (Wildman–Crippen LogP) is 2.77. The first-order valence-electron chi connectivity index (χ1n) is 9.18. The highest BCUT2D eigenvalue weighted by molar-refractivity contribution is 5.65. The van der Waals surface area contributed by atoms with Crippen LogP contribution in [0.25, 0.3) is 11.5 Å². The molecular weight excluding hydrogens is 358 g/mol. The van der Waals surface area contributed by atoms with Crippen molar-refractivity contribution in [1.29, 1.82) is 0 Å². The van der Waals surface area contributed by atoms with E-state index < -0.39 is 0 Å². The maximum Gasteiger partial charge on any atom is 0.302 e. The molecule has 0 aliphatic carbocycles. The summed E-state index contributed by atoms with van der Waals surface area (Å²) in [5.41, 5.74) is 4.07. The van der Waals surface area contributed by atoms with Crippen molar-refractivity contribution in [2.75, 3.05) is 13.7 Å². The Hall–Kier alpha value is -3.16. The van der Waals surface area contributed by atoms with E-state index in [-0.39, 0.29) is 5.97 Å². The minimum Gasteiger partial charge on any atom is -0.497 e. The molecule has 0 saturated heterocycles. The maximum absolute atomic E-state index is 11.0. The van der Waals surface area contributed by atoms with Crippen molar-refractivity contribution in [3.05, 3.63) is 47.4 Å². The van der Waals surface area contributed by atoms with Crippen LogP contribution in [-0.4, -0.2) is 44.2 Å². The zero-order chi connectivity index (χ0) is 20.1. The van der Waals surface area contributed by atoms with E-state index in [2.05, 4.69) is 15.3 Å². The zero-order valence-electron chi connectivity index (χ0n) is 16.7. The van der Waals surface area contributed by atoms with Gasteiger partial charge in [-0.3, -0.25) is 9.48 Å². The average molecular weight is 383 g/mol. The molecule has 2 aromatic heterocycles. The molecule has 0 saturated carbocycles. The Morgan fingerprint density at radius 3 is 2.61 bits per heavy atom. The summed E-state index contributed by atoms with van der Waals surface area (Å²) in [6, 6.07) is 7.93. The van der Waals surface area contributed by atoms with Crippen molar-refractivity contribution in [1.82, 2.24) is 24.5 Å². The van der Waals surface area contributed by atoms with Gasteiger partial charge in [-0.15, -0.1) is 10.2 Å². The molecule has 0 fully saturated rings. The molecule has 3 aromatic rings. The van der Waals surface area contributed by atoms with Crippen LogP contribution in [0.5, 0.6) is 5.75 Å². The van der Waals surface area contributed by atoms with Gasteiger partial charge in [0, 0.05) is 25.5 Å². The molecule has 8 nitrogen and oxygen atoms in total. The predicted molar refractivity (Wildman–Crippen MR) is 104 cm³/mol. The largest absolute Gasteiger partial charge is 0.497 e. The first kappa shape index (κ1) is 19.6. The van der Waals surface area contributed by atoms with Gasteiger partial charge in [-0.25, -0.2) is 0 Å². The number of aromatic nitrogens is 5. The van der Waals surface area contributed by atoms with Crippen LogP contribution in [0.3, 0.4) is 0 Å². The third kappa shape index (κ3) is 4.39. The van der Waals surface area contributed by atoms with E-state index in [1.165, 1.54) is 6.92 Å². The molecule has 8 heteroatoms. The number of rotatable bonds is 8. The number of aryl methyl sites for hydroxylation is 2. The molecule has 0 unspecified atom stereocenters. The monoisotopic (exact) mass is 383 g/mol. The summed E-state index contributed by atoms with van der Waals surface area (Å²) in [5.74, 6) is 1.32. The molecule has 0 aliphatic rings. The Bertz CT molecular complexity index is 943. The molecule has 0 radical (unpaired) electrons. The average Bonchev–Trinajstić information content (AvgIpc) is 3.23. The number of esters is 1. The van der Waals surface area contributed by atoms with Crippen molar-refractivity contribution in [3.8, 4) is 17.3 Å². The fourth-order valence-electron chi connectivity index (χ4n) is 3.03. The Labute approximate surface area is 164 Å². The van der Waals surface area contributed by atoms with Gasteiger partial charge >= 0.3 is 5.97 Å². The smallest absolute Gasteiger partial charge is 0.302 e. The number of carbonyl (C=O) groups is 1. The van der Waals surface area contributed by atoms with E-state index in [1.54, 1.807) is 13.4 Å². The van der Waals surface area contributed by atoms with E-state index in [4.69, 9.17) is 9.47 Å². The van der Waals surface area contributed by atoms with Gasteiger partial charge < -0.3 is 14.0 Å². The number of hydrogen-bond donors (Lipinski definition) is 0. The molecule has 0 amide bonds. The minimum atomic E-state index is -0.271. The first-order chi connectivity index (χ1) is 13.5. The standard InChI is InChI=1S/C20H25N5O3/c1-14-15(2)23-25(10-5-11-28-16(3)26)19(14)20-22-21-13-24(20)12-17-6-8-18(27-4)9-7-17/h6-9,13H,5,10-12H2,1-4H3. The van der Waals surface area contributed by atoms with E-state index in [9.17, 15) is 4.79 Å². The highest BCUT2D eigenvalue weighted by Gasteiger charge is 2.19. The van der Waals surface area contributed by atoms with Gasteiger partial charge in [0.1, 0.15) is 17.8 Å². The van der Waals surface area contributed by atoms with Crippen LogP contribution in [0.1, 0.15) is 30.2 Å². The molecule has 0 bridgehead atoms. The van der Waals surface area contributed by atoms with Gasteiger partial charge in [0.05, 0.1) is 26.0 Å². The third-order valence-electron chi connectivity index (χ3n) is 4.59. The molecule has 0 N–H and O–H groups in total. The van der Waals surface area contributed by atoms with Crippen molar-refractivity contribution in [3.63, 3.8) is 0 Å². The molecule has 1 aromatic carbocycles. The van der Waals surface area contributed by atoms with Gasteiger partial charge in [0.2, 0.25) is 0 Å². The normalized spacial score (nSPS) is 10.9. The number of benzene rings is 1. The van der Waals surface area contributed by atoms with Gasteiger partial charge in [-0.2, -0.15) is 5.10 Å². The fourth-order valence-corrected chi connectivity index (χ4v) is 3.03. The zero-order valence-corrected chi connectivity index (χ0v) is 16.7. The second kappa shape index (κ2) is 8.69. The molecule has 3 rings (SSSR count). The Morgan fingerprint density at radius 2 is 1.93 bits per heavy atom. The Kier molecular flexibility index (Phi) is 6.08. The molecule has 0 aliphatic heterocycles. The first-order valence-corrected chi connectivity index (χ1v) is 9.18. The topological polar surface area (TPSA) is 84.1 Å². The summed E-state index contributed by atoms with van der Waals surface area (Å²) in [5, 5.41) is 13.1. The molecule has 0 atom stereocenters. The van der Waals surface area contributed by atoms with E-state index >= 15 is 0 Å². The highest BCUT2D eigenvalue weighted by Crippen LogP contribution is 2.25. The van der Waals surface area contributed by atoms with Crippen molar-refractivity contribution < 1.29 is 14.3 Å². The number of carbonyl (C=O) groups excluding carboxylic acids is 1. The van der Waals surface area contributed by atoms with E-state index in [0.29, 0.717) is 26.1 Å². The SMILES string of the molecule is COc1ccc(Cn2cnnc2-c2c(C)c(C)nn2CCCOC(C)=O)cc1. The highest BCUT2D eigenvalue weighted by atomic mass is 16.5. The quantitative estimate of drug-likeness (QED) is 0.439. The maximum atomic E-state index is 11.0. The Balaban J connectivity index is 1.83. The minimum absolute atomic E-state index is 0.271. The van der Waals surface area contributed by atoms with Gasteiger partial charge in [0.15, 0.2) is 5.82 Å². The summed E-state index contributed by atoms with van der Waals surface area (Å²) < 4.78 is 14.2. The van der Waals surface area contributed by atoms with Crippen molar-refractivity contribution >= 4 is 5.97 Å². The van der Waals surface area contributed by atoms with Crippen LogP contribution < -0.4 is 4.74 Å². The molecule has 28 heavy (non-hydrogen) atoms. The van der Waals surface area contributed by atoms with Gasteiger partial charge in [-0.05, 0) is 31.5 Å². The third-order valence-corrected chi connectivity index (χ3v) is 4.59. The second-order valence-corrected chi connectivity index (χ2v) is 6.61. The van der Waals surface area contributed by atoms with Crippen LogP contribution in [-0.2, 0) is 22.6 Å². The van der Waals surface area contributed by atoms with E-state index in [0.717, 1.165) is 34.1 Å². The van der Waals surface area contributed by atoms with Crippen molar-refractivity contribution in [2.45, 2.75) is 40.3 Å². The van der Waals surface area contributed by atoms with Crippen LogP contribution in [0.2, 0.25) is 0 Å². The molecule has 148 valence electrons. The lowest BCUT2D eigenvalue weighted by Crippen LogP contribution is -2.10. The lowest BCUT2D eigenvalue weighted by molar-refractivity contribution is -0.141. The van der Waals surface area contributed by atoms with E-state index in [1.807, 2.05) is 47.4 Å². The number of ether oxygens (including phenoxy) is 2. The summed E-state index contributed by atoms with van der Waals surface area (Å²) in [6.07, 6.45) is 2.41. The van der Waals surface area contributed by atoms with Crippen LogP contribution in [0.4, 0.5) is 0 Å². The molecule has 2 heterocycles. The van der Waals surface area contributed by atoms with Crippen LogP contribution in [0, 0.1) is 13.8 Å². The summed E-state index contributed by atoms with van der Waals surface area (Å²) in [7, 11) is 1.65. The second-order valence-electron chi connectivity index (χ2n) is 6.61. The lowest BCUT2D eigenvalue weighted by Gasteiger charge is -2.11. The van der Waals surface area contributed by atoms with Crippen LogP contribution >= 0.6 is 0 Å². The number of methoxy groups -OCH3 is 1. The number of nitrogens with zero attached hydrogens (tertiary/aromatic N) is 5. The summed E-state index contributed by atoms with van der Waals surface area (Å²) in [6.45, 7) is 7.06. The van der Waals surface area contributed by atoms with Crippen LogP contribution in [0.15, 0.2) is 30.6 Å². The fraction of sp³-hybridized carbons (Fsp3) is 0.400. The number of hydrogen-bond acceptors (Lipinski definition) is 6. The van der Waals surface area contributed by atoms with Gasteiger partial charge in [0.25, 0.3) is 0 Å². The molecular formula is C20H25N5O3. The summed E-state index contributed by atoms with van der Waals surface area (Å²) >= 11 is 0. The summed E-state index contributed by atoms with van der Waals surface area (Å²) in [4.78, 5) is 11.0.